The molecule has 1 N–H and O–H groups in total. The molecule has 8 rings (SSSR count). The summed E-state index contributed by atoms with van der Waals surface area (Å²) in [6.45, 7) is 2.17. The molecule has 6 aromatic rings. The van der Waals surface area contributed by atoms with Gasteiger partial charge in [-0.2, -0.15) is 0 Å². The van der Waals surface area contributed by atoms with E-state index in [1.54, 1.807) is 0 Å². The van der Waals surface area contributed by atoms with Crippen LogP contribution in [0.1, 0.15) is 39.8 Å². The van der Waals surface area contributed by atoms with Gasteiger partial charge in [0.2, 0.25) is 0 Å². The summed E-state index contributed by atoms with van der Waals surface area (Å²) in [7, 11) is 0. The summed E-state index contributed by atoms with van der Waals surface area (Å²) in [6, 6.07) is 59.9. The molecule has 0 aliphatic carbocycles. The summed E-state index contributed by atoms with van der Waals surface area (Å²) in [5, 5.41) is 11.7. The summed E-state index contributed by atoms with van der Waals surface area (Å²) in [4.78, 5) is 0. The van der Waals surface area contributed by atoms with Gasteiger partial charge in [-0.15, -0.1) is 0 Å². The van der Waals surface area contributed by atoms with Gasteiger partial charge in [-0.25, -0.2) is 0 Å². The summed E-state index contributed by atoms with van der Waals surface area (Å²) < 4.78 is 59.5. The van der Waals surface area contributed by atoms with Crippen molar-refractivity contribution in [3.63, 3.8) is 0 Å². The third-order valence-corrected chi connectivity index (χ3v) is 11.4. The molecule has 0 spiro atoms. The average Bonchev–Trinajstić information content (AvgIpc) is 3.35. The van der Waals surface area contributed by atoms with Crippen LogP contribution in [0.3, 0.4) is 0 Å². The highest BCUT2D eigenvalue weighted by atomic mass is 16.7. The van der Waals surface area contributed by atoms with Gasteiger partial charge in [0.25, 0.3) is 0 Å². The van der Waals surface area contributed by atoms with Crippen LogP contribution in [-0.2, 0) is 82.3 Å². The predicted octanol–water partition coefficient (Wildman–Crippen LogP) is 8.98. The van der Waals surface area contributed by atoms with Crippen molar-refractivity contribution < 1.29 is 47.7 Å². The van der Waals surface area contributed by atoms with Crippen molar-refractivity contribution in [2.24, 2.45) is 0 Å². The molecular formula is C54H58O10. The van der Waals surface area contributed by atoms with Crippen LogP contribution in [0.5, 0.6) is 0 Å². The van der Waals surface area contributed by atoms with Crippen LogP contribution in [0.15, 0.2) is 182 Å². The molecule has 10 nitrogen and oxygen atoms in total. The minimum absolute atomic E-state index is 0.0102. The number of rotatable bonds is 22. The number of hydrogen-bond acceptors (Lipinski definition) is 10. The summed E-state index contributed by atoms with van der Waals surface area (Å²) >= 11 is 0. The van der Waals surface area contributed by atoms with Crippen LogP contribution in [0.25, 0.3) is 0 Å². The van der Waals surface area contributed by atoms with Crippen molar-refractivity contribution >= 4 is 0 Å². The molecule has 0 radical (unpaired) electrons. The molecule has 334 valence electrons. The van der Waals surface area contributed by atoms with Crippen molar-refractivity contribution in [3.8, 4) is 0 Å². The monoisotopic (exact) mass is 866 g/mol. The third kappa shape index (κ3) is 13.5. The van der Waals surface area contributed by atoms with E-state index in [1.165, 1.54) is 0 Å². The van der Waals surface area contributed by atoms with E-state index in [4.69, 9.17) is 42.6 Å². The fourth-order valence-electron chi connectivity index (χ4n) is 8.02. The van der Waals surface area contributed by atoms with E-state index in [9.17, 15) is 5.11 Å². The van der Waals surface area contributed by atoms with Crippen LogP contribution >= 0.6 is 0 Å². The molecule has 10 heteroatoms. The van der Waals surface area contributed by atoms with Crippen molar-refractivity contribution in [1.29, 1.82) is 0 Å². The van der Waals surface area contributed by atoms with Crippen LogP contribution in [0.2, 0.25) is 0 Å². The van der Waals surface area contributed by atoms with E-state index >= 15 is 0 Å². The molecule has 2 fully saturated rings. The fraction of sp³-hybridized carbons (Fsp3) is 0.333. The number of ether oxygens (including phenoxy) is 9. The molecule has 1 unspecified atom stereocenters. The molecule has 2 aliphatic heterocycles. The fourth-order valence-corrected chi connectivity index (χ4v) is 8.02. The van der Waals surface area contributed by atoms with Crippen molar-refractivity contribution in [1.82, 2.24) is 0 Å². The van der Waals surface area contributed by atoms with Gasteiger partial charge in [-0.3, -0.25) is 0 Å². The van der Waals surface area contributed by atoms with Crippen molar-refractivity contribution in [3.05, 3.63) is 215 Å². The SMILES string of the molecule is O[C@H]1O[C@H](COC2C[C@@H](OCc3ccccc3)[C@@H](OCc3ccccc3)[C@@H](COCc3ccccc3)O2)[C@@H](OCc2ccccc2)[C@H](OCc2ccccc2)[C@H]1OCc1ccccc1. The van der Waals surface area contributed by atoms with E-state index in [2.05, 4.69) is 0 Å². The second-order valence-corrected chi connectivity index (χ2v) is 16.1. The second-order valence-electron chi connectivity index (χ2n) is 16.1. The van der Waals surface area contributed by atoms with Gasteiger partial charge in [-0.1, -0.05) is 182 Å². The van der Waals surface area contributed by atoms with Crippen LogP contribution in [0, 0.1) is 0 Å². The van der Waals surface area contributed by atoms with Gasteiger partial charge in [0, 0.05) is 6.42 Å². The maximum atomic E-state index is 11.7. The number of aliphatic hydroxyl groups is 1. The van der Waals surface area contributed by atoms with Gasteiger partial charge in [-0.05, 0) is 33.4 Å². The Labute approximate surface area is 376 Å². The third-order valence-electron chi connectivity index (χ3n) is 11.4. The van der Waals surface area contributed by atoms with Crippen LogP contribution in [-0.4, -0.2) is 73.6 Å². The lowest BCUT2D eigenvalue weighted by atomic mass is 9.97. The highest BCUT2D eigenvalue weighted by molar-refractivity contribution is 5.18. The smallest absolute Gasteiger partial charge is 0.184 e. The van der Waals surface area contributed by atoms with Gasteiger partial charge in [0.05, 0.1) is 59.0 Å². The van der Waals surface area contributed by atoms with Gasteiger partial charge in [0.15, 0.2) is 12.6 Å². The predicted molar refractivity (Wildman–Crippen MR) is 241 cm³/mol. The molecule has 2 aliphatic rings. The maximum Gasteiger partial charge on any atom is 0.184 e. The lowest BCUT2D eigenvalue weighted by molar-refractivity contribution is -0.330. The largest absolute Gasteiger partial charge is 0.374 e. The lowest BCUT2D eigenvalue weighted by Gasteiger charge is -2.45. The Kier molecular flexibility index (Phi) is 17.3. The minimum atomic E-state index is -1.35. The number of benzene rings is 6. The van der Waals surface area contributed by atoms with Crippen LogP contribution < -0.4 is 0 Å². The molecule has 0 aromatic heterocycles. The Bertz CT molecular complexity index is 2170. The maximum absolute atomic E-state index is 11.7. The molecular weight excluding hydrogens is 809 g/mol. The first-order chi connectivity index (χ1) is 31.6. The van der Waals surface area contributed by atoms with Crippen LogP contribution in [0.4, 0.5) is 0 Å². The zero-order chi connectivity index (χ0) is 43.6. The quantitative estimate of drug-likeness (QED) is 0.0712. The van der Waals surface area contributed by atoms with E-state index in [0.717, 1.165) is 33.4 Å². The highest BCUT2D eigenvalue weighted by Crippen LogP contribution is 2.33. The Morgan fingerprint density at radius 1 is 0.359 bits per heavy atom. The van der Waals surface area contributed by atoms with Gasteiger partial charge in [0.1, 0.15) is 36.6 Å². The first kappa shape index (κ1) is 45.5. The molecule has 64 heavy (non-hydrogen) atoms. The van der Waals surface area contributed by atoms with E-state index in [0.29, 0.717) is 26.2 Å². The van der Waals surface area contributed by atoms with Crippen molar-refractivity contribution in [2.45, 2.75) is 101 Å². The molecule has 0 saturated carbocycles. The van der Waals surface area contributed by atoms with E-state index in [1.807, 2.05) is 182 Å². The first-order valence-corrected chi connectivity index (χ1v) is 22.1. The zero-order valence-corrected chi connectivity index (χ0v) is 36.0. The Morgan fingerprint density at radius 3 is 1.17 bits per heavy atom. The second kappa shape index (κ2) is 24.3. The summed E-state index contributed by atoms with van der Waals surface area (Å²) in [5.41, 5.74) is 6.03. The standard InChI is InChI=1S/C54H58O10/c55-54-53(62-37-45-29-17-6-18-30-45)52(61-36-44-27-15-5-16-28-44)51(60-35-43-25-13-4-14-26-43)48(64-54)39-58-49-31-46(57-33-41-21-9-2-10-22-41)50(59-34-42-23-11-3-12-24-42)47(63-49)38-56-32-40-19-7-1-8-20-40/h1-30,46-55H,31-39H2/t46-,47-,48-,49?,50-,51-,52+,53-,54+/m1/s1. The number of aliphatic hydroxyl groups excluding tert-OH is 1. The van der Waals surface area contributed by atoms with Gasteiger partial charge >= 0.3 is 0 Å². The minimum Gasteiger partial charge on any atom is -0.374 e. The topological polar surface area (TPSA) is 103 Å². The molecule has 6 aromatic carbocycles. The van der Waals surface area contributed by atoms with Crippen molar-refractivity contribution in [2.75, 3.05) is 13.2 Å². The van der Waals surface area contributed by atoms with E-state index in [-0.39, 0.29) is 33.0 Å². The average molecular weight is 867 g/mol. The summed E-state index contributed by atoms with van der Waals surface area (Å²) in [5.74, 6) is 0. The molecule has 0 bridgehead atoms. The highest BCUT2D eigenvalue weighted by Gasteiger charge is 2.49. The lowest BCUT2D eigenvalue weighted by Crippen LogP contribution is -2.61. The zero-order valence-electron chi connectivity index (χ0n) is 36.0. The van der Waals surface area contributed by atoms with E-state index < -0.39 is 55.3 Å². The Balaban J connectivity index is 1.03. The summed E-state index contributed by atoms with van der Waals surface area (Å²) in [6.07, 6.45) is -6.28. The molecule has 0 amide bonds. The van der Waals surface area contributed by atoms with Gasteiger partial charge < -0.3 is 47.7 Å². The normalized spacial score (nSPS) is 24.6. The Hall–Kier alpha value is -5.08. The first-order valence-electron chi connectivity index (χ1n) is 22.1. The molecule has 2 saturated heterocycles. The molecule has 9 atom stereocenters. The number of hydrogen-bond donors (Lipinski definition) is 1. The Morgan fingerprint density at radius 2 is 0.719 bits per heavy atom. The molecule has 2 heterocycles.